The van der Waals surface area contributed by atoms with Gasteiger partial charge in [0.15, 0.2) is 5.78 Å². The van der Waals surface area contributed by atoms with E-state index in [1.165, 1.54) is 18.7 Å². The molecule has 4 N–H and O–H groups in total. The van der Waals surface area contributed by atoms with E-state index in [4.69, 9.17) is 4.74 Å². The second-order valence-corrected chi connectivity index (χ2v) is 10.7. The summed E-state index contributed by atoms with van der Waals surface area (Å²) in [6.45, 7) is 10.0. The Labute approximate surface area is 202 Å². The molecule has 33 heavy (non-hydrogen) atoms. The Morgan fingerprint density at radius 1 is 1.18 bits per heavy atom. The highest BCUT2D eigenvalue weighted by Crippen LogP contribution is 2.32. The predicted molar refractivity (Wildman–Crippen MR) is 130 cm³/mol. The van der Waals surface area contributed by atoms with Crippen molar-refractivity contribution in [3.63, 3.8) is 0 Å². The van der Waals surface area contributed by atoms with Crippen molar-refractivity contribution in [1.29, 1.82) is 0 Å². The molecule has 2 heterocycles. The number of hydrogen-bond donors (Lipinski definition) is 4. The molecule has 0 aliphatic carbocycles. The van der Waals surface area contributed by atoms with E-state index in [1.54, 1.807) is 12.3 Å². The van der Waals surface area contributed by atoms with Crippen LogP contribution in [0.15, 0.2) is 11.8 Å². The van der Waals surface area contributed by atoms with Gasteiger partial charge in [0.2, 0.25) is 5.91 Å². The summed E-state index contributed by atoms with van der Waals surface area (Å²) in [6.07, 6.45) is 2.32. The fraction of sp³-hybridized carbons (Fsp3) is 0.833. The molecule has 8 atom stereocenters. The molecule has 2 aliphatic heterocycles. The third-order valence-electron chi connectivity index (χ3n) is 6.80. The monoisotopic (exact) mass is 486 g/mol. The van der Waals surface area contributed by atoms with E-state index in [2.05, 4.69) is 12.2 Å². The van der Waals surface area contributed by atoms with Gasteiger partial charge in [-0.2, -0.15) is 0 Å². The van der Waals surface area contributed by atoms with Crippen molar-refractivity contribution in [2.24, 2.45) is 11.8 Å². The number of aliphatic hydroxyl groups excluding tert-OH is 3. The minimum Gasteiger partial charge on any atom is -0.388 e. The van der Waals surface area contributed by atoms with Crippen molar-refractivity contribution in [3.05, 3.63) is 11.8 Å². The normalized spacial score (nSPS) is 34.3. The molecule has 2 aliphatic rings. The molecule has 0 spiro atoms. The summed E-state index contributed by atoms with van der Waals surface area (Å²) >= 11 is 1.25. The molecule has 2 fully saturated rings. The molecule has 0 bridgehead atoms. The maximum Gasteiger partial charge on any atom is 0.243 e. The van der Waals surface area contributed by atoms with E-state index in [-0.39, 0.29) is 17.6 Å². The summed E-state index contributed by atoms with van der Waals surface area (Å²) in [5.41, 5.74) is 0.0704. The van der Waals surface area contributed by atoms with E-state index in [0.717, 1.165) is 25.0 Å². The van der Waals surface area contributed by atoms with Crippen molar-refractivity contribution < 1.29 is 29.6 Å². The van der Waals surface area contributed by atoms with Gasteiger partial charge in [0, 0.05) is 12.2 Å². The standard InChI is InChI=1S/C24H42N2O6S/c1-7-8-16-9-10-26(14(4)11-15(5)27)17(12-16)23(31)25-18(13(2)3)22-20(29)19(28)21(30)24(32-22)33-6/h11,13,16-22,24,28-30H,7-10,12H2,1-6H3,(H,25,31)/t16-,17+,18-,19+,20-,21-,22-,24-/m1/s1. The van der Waals surface area contributed by atoms with Gasteiger partial charge in [0.25, 0.3) is 0 Å². The van der Waals surface area contributed by atoms with Crippen molar-refractivity contribution in [1.82, 2.24) is 10.2 Å². The van der Waals surface area contributed by atoms with Crippen molar-refractivity contribution in [3.8, 4) is 0 Å². The molecule has 190 valence electrons. The second-order valence-electron chi connectivity index (χ2n) is 9.74. The smallest absolute Gasteiger partial charge is 0.243 e. The first-order valence-electron chi connectivity index (χ1n) is 12.0. The maximum atomic E-state index is 13.6. The second kappa shape index (κ2) is 12.5. The first-order valence-corrected chi connectivity index (χ1v) is 13.3. The lowest BCUT2D eigenvalue weighted by atomic mass is 9.85. The quantitative estimate of drug-likeness (QED) is 0.364. The number of carbonyl (C=O) groups is 2. The number of ketones is 1. The molecule has 0 aromatic heterocycles. The van der Waals surface area contributed by atoms with Crippen LogP contribution < -0.4 is 5.32 Å². The lowest BCUT2D eigenvalue weighted by Gasteiger charge is -2.45. The first-order chi connectivity index (χ1) is 15.5. The van der Waals surface area contributed by atoms with Gasteiger partial charge in [-0.1, -0.05) is 33.6 Å². The van der Waals surface area contributed by atoms with Gasteiger partial charge in [-0.05, 0) is 50.9 Å². The number of allylic oxidation sites excluding steroid dienone is 2. The molecule has 2 rings (SSSR count). The van der Waals surface area contributed by atoms with Gasteiger partial charge in [-0.25, -0.2) is 0 Å². The van der Waals surface area contributed by atoms with Crippen LogP contribution in [0, 0.1) is 11.8 Å². The molecule has 0 aromatic rings. The van der Waals surface area contributed by atoms with Crippen LogP contribution in [0.4, 0.5) is 0 Å². The Balaban J connectivity index is 2.27. The van der Waals surface area contributed by atoms with Crippen LogP contribution in [-0.4, -0.2) is 86.6 Å². The Hall–Kier alpha value is -1.13. The van der Waals surface area contributed by atoms with Gasteiger partial charge in [0.1, 0.15) is 35.9 Å². The molecule has 2 saturated heterocycles. The van der Waals surface area contributed by atoms with Crippen LogP contribution in [0.1, 0.15) is 60.3 Å². The van der Waals surface area contributed by atoms with Gasteiger partial charge < -0.3 is 30.3 Å². The Bertz CT molecular complexity index is 700. The number of rotatable bonds is 9. The lowest BCUT2D eigenvalue weighted by molar-refractivity contribution is -0.208. The number of carbonyl (C=O) groups excluding carboxylic acids is 2. The largest absolute Gasteiger partial charge is 0.388 e. The molecule has 0 aromatic carbocycles. The number of nitrogens with zero attached hydrogens (tertiary/aromatic N) is 1. The van der Waals surface area contributed by atoms with Gasteiger partial charge in [-0.15, -0.1) is 11.8 Å². The number of likely N-dealkylation sites (tertiary alicyclic amines) is 1. The third kappa shape index (κ3) is 6.94. The molecular formula is C24H42N2O6S. The van der Waals surface area contributed by atoms with E-state index in [0.29, 0.717) is 18.9 Å². The number of aliphatic hydroxyl groups is 3. The molecule has 0 unspecified atom stereocenters. The molecule has 0 saturated carbocycles. The van der Waals surface area contributed by atoms with Crippen LogP contribution in [-0.2, 0) is 14.3 Å². The Kier molecular flexibility index (Phi) is 10.7. The number of hydrogen-bond acceptors (Lipinski definition) is 8. The minimum atomic E-state index is -1.36. The van der Waals surface area contributed by atoms with E-state index < -0.39 is 41.9 Å². The predicted octanol–water partition coefficient (Wildman–Crippen LogP) is 1.67. The SMILES string of the molecule is CCC[C@@H]1CCN(C(C)=CC(C)=O)[C@H](C(=O)N[C@H](C(C)C)[C@H]2O[C@H](SC)[C@H](O)[C@@H](O)[C@H]2O)C1. The summed E-state index contributed by atoms with van der Waals surface area (Å²) in [4.78, 5) is 27.3. The minimum absolute atomic E-state index is 0.0585. The zero-order chi connectivity index (χ0) is 24.9. The third-order valence-corrected chi connectivity index (χ3v) is 7.65. The van der Waals surface area contributed by atoms with Crippen LogP contribution in [0.2, 0.25) is 0 Å². The highest BCUT2D eigenvalue weighted by molar-refractivity contribution is 7.99. The van der Waals surface area contributed by atoms with Crippen molar-refractivity contribution in [2.75, 3.05) is 12.8 Å². The molecular weight excluding hydrogens is 444 g/mol. The first kappa shape index (κ1) is 28.1. The van der Waals surface area contributed by atoms with Crippen molar-refractivity contribution >= 4 is 23.5 Å². The van der Waals surface area contributed by atoms with Crippen molar-refractivity contribution in [2.45, 2.75) is 102 Å². The van der Waals surface area contributed by atoms with E-state index in [1.807, 2.05) is 25.7 Å². The highest BCUT2D eigenvalue weighted by atomic mass is 32.2. The lowest BCUT2D eigenvalue weighted by Crippen LogP contribution is -2.65. The van der Waals surface area contributed by atoms with Gasteiger partial charge in [-0.3, -0.25) is 9.59 Å². The number of ether oxygens (including phenoxy) is 1. The zero-order valence-corrected chi connectivity index (χ0v) is 21.5. The molecule has 9 heteroatoms. The Morgan fingerprint density at radius 3 is 2.39 bits per heavy atom. The average Bonchev–Trinajstić information content (AvgIpc) is 2.75. The summed E-state index contributed by atoms with van der Waals surface area (Å²) in [7, 11) is 0. The zero-order valence-electron chi connectivity index (χ0n) is 20.7. The fourth-order valence-electron chi connectivity index (χ4n) is 5.01. The summed E-state index contributed by atoms with van der Waals surface area (Å²) in [5.74, 6) is 0.106. The van der Waals surface area contributed by atoms with Crippen LogP contribution in [0.25, 0.3) is 0 Å². The maximum absolute atomic E-state index is 13.6. The summed E-state index contributed by atoms with van der Waals surface area (Å²) in [5, 5.41) is 34.3. The highest BCUT2D eigenvalue weighted by Gasteiger charge is 2.48. The topological polar surface area (TPSA) is 119 Å². The van der Waals surface area contributed by atoms with Gasteiger partial charge >= 0.3 is 0 Å². The van der Waals surface area contributed by atoms with E-state index in [9.17, 15) is 24.9 Å². The number of amides is 1. The summed E-state index contributed by atoms with van der Waals surface area (Å²) in [6, 6.07) is -0.991. The van der Waals surface area contributed by atoms with E-state index >= 15 is 0 Å². The molecule has 0 radical (unpaired) electrons. The molecule has 1 amide bonds. The van der Waals surface area contributed by atoms with Gasteiger partial charge in [0.05, 0.1) is 6.04 Å². The number of thioether (sulfide) groups is 1. The van der Waals surface area contributed by atoms with Crippen LogP contribution in [0.3, 0.4) is 0 Å². The van der Waals surface area contributed by atoms with Crippen LogP contribution in [0.5, 0.6) is 0 Å². The Morgan fingerprint density at radius 2 is 1.85 bits per heavy atom. The average molecular weight is 487 g/mol. The number of piperidine rings is 1. The fourth-order valence-corrected chi connectivity index (χ4v) is 5.69. The number of nitrogens with one attached hydrogen (secondary N) is 1. The van der Waals surface area contributed by atoms with Crippen LogP contribution >= 0.6 is 11.8 Å². The summed E-state index contributed by atoms with van der Waals surface area (Å²) < 4.78 is 5.95. The molecule has 8 nitrogen and oxygen atoms in total.